The van der Waals surface area contributed by atoms with E-state index >= 15 is 0 Å². The minimum atomic E-state index is -0.755. The SMILES string of the molecule is CCC(CC)(c1ccc(CCC2(O)CCC2)c(C)c1)c1ccc(OCCCCC(=O)O)c(C)c1. The number of benzene rings is 2. The summed E-state index contributed by atoms with van der Waals surface area (Å²) in [5.41, 5.74) is 5.94. The molecule has 0 amide bonds. The third-order valence-electron chi connectivity index (χ3n) is 8.02. The maximum atomic E-state index is 10.7. The van der Waals surface area contributed by atoms with Crippen LogP contribution in [0.3, 0.4) is 0 Å². The second kappa shape index (κ2) is 11.4. The van der Waals surface area contributed by atoms with Gasteiger partial charge in [-0.2, -0.15) is 0 Å². The molecule has 0 spiro atoms. The number of hydrogen-bond acceptors (Lipinski definition) is 3. The number of carbonyl (C=O) groups is 1. The highest BCUT2D eigenvalue weighted by atomic mass is 16.5. The first kappa shape index (κ1) is 26.3. The summed E-state index contributed by atoms with van der Waals surface area (Å²) in [6.45, 7) is 9.36. The van der Waals surface area contributed by atoms with Crippen LogP contribution in [-0.4, -0.2) is 28.4 Å². The van der Waals surface area contributed by atoms with Crippen LogP contribution in [-0.2, 0) is 16.6 Å². The van der Waals surface area contributed by atoms with Crippen LogP contribution in [0.2, 0.25) is 0 Å². The van der Waals surface area contributed by atoms with Gasteiger partial charge in [-0.1, -0.05) is 44.2 Å². The molecule has 1 aliphatic carbocycles. The maximum absolute atomic E-state index is 10.7. The fraction of sp³-hybridized carbons (Fsp3) is 0.567. The van der Waals surface area contributed by atoms with Gasteiger partial charge in [-0.15, -0.1) is 0 Å². The van der Waals surface area contributed by atoms with E-state index in [1.807, 2.05) is 0 Å². The van der Waals surface area contributed by atoms with E-state index in [1.165, 1.54) is 22.3 Å². The summed E-state index contributed by atoms with van der Waals surface area (Å²) in [6, 6.07) is 13.4. The van der Waals surface area contributed by atoms with E-state index in [2.05, 4.69) is 64.1 Å². The van der Waals surface area contributed by atoms with Crippen LogP contribution in [0.5, 0.6) is 5.75 Å². The number of unbranched alkanes of at least 4 members (excludes halogenated alkanes) is 1. The van der Waals surface area contributed by atoms with Crippen LogP contribution >= 0.6 is 0 Å². The molecule has 1 fully saturated rings. The molecule has 0 bridgehead atoms. The third-order valence-corrected chi connectivity index (χ3v) is 8.02. The van der Waals surface area contributed by atoms with Crippen LogP contribution in [0.1, 0.15) is 99.5 Å². The molecule has 2 N–H and O–H groups in total. The number of carboxylic acids is 1. The molecule has 1 aliphatic rings. The lowest BCUT2D eigenvalue weighted by Gasteiger charge is -2.37. The van der Waals surface area contributed by atoms with Crippen LogP contribution in [0.15, 0.2) is 36.4 Å². The van der Waals surface area contributed by atoms with Crippen molar-refractivity contribution in [1.82, 2.24) is 0 Å². The van der Waals surface area contributed by atoms with Gasteiger partial charge in [0.1, 0.15) is 5.75 Å². The lowest BCUT2D eigenvalue weighted by molar-refractivity contribution is -0.137. The quantitative estimate of drug-likeness (QED) is 0.315. The van der Waals surface area contributed by atoms with E-state index in [-0.39, 0.29) is 11.8 Å². The third kappa shape index (κ3) is 6.02. The van der Waals surface area contributed by atoms with Crippen LogP contribution in [0.25, 0.3) is 0 Å². The highest BCUT2D eigenvalue weighted by molar-refractivity contribution is 5.66. The van der Waals surface area contributed by atoms with Crippen molar-refractivity contribution in [3.8, 4) is 5.75 Å². The molecule has 0 aliphatic heterocycles. The molecule has 0 saturated heterocycles. The molecular weight excluding hydrogens is 424 g/mol. The van der Waals surface area contributed by atoms with Crippen LogP contribution in [0.4, 0.5) is 0 Å². The van der Waals surface area contributed by atoms with Gasteiger partial charge in [0, 0.05) is 11.8 Å². The monoisotopic (exact) mass is 466 g/mol. The largest absolute Gasteiger partial charge is 0.493 e. The fourth-order valence-electron chi connectivity index (χ4n) is 5.38. The lowest BCUT2D eigenvalue weighted by Crippen LogP contribution is -2.37. The molecule has 4 heteroatoms. The van der Waals surface area contributed by atoms with Crippen molar-refractivity contribution in [2.24, 2.45) is 0 Å². The van der Waals surface area contributed by atoms with E-state index in [4.69, 9.17) is 9.84 Å². The number of aryl methyl sites for hydroxylation is 3. The number of hydrogen-bond donors (Lipinski definition) is 2. The van der Waals surface area contributed by atoms with Crippen molar-refractivity contribution in [1.29, 1.82) is 0 Å². The Morgan fingerprint density at radius 3 is 2.18 bits per heavy atom. The Balaban J connectivity index is 1.75. The van der Waals surface area contributed by atoms with Crippen molar-refractivity contribution >= 4 is 5.97 Å². The number of ether oxygens (including phenoxy) is 1. The molecule has 34 heavy (non-hydrogen) atoms. The highest BCUT2D eigenvalue weighted by Gasteiger charge is 2.34. The minimum absolute atomic E-state index is 0.0553. The summed E-state index contributed by atoms with van der Waals surface area (Å²) in [4.78, 5) is 10.7. The Bertz CT molecular complexity index is 970. The molecular formula is C30H42O4. The second-order valence-corrected chi connectivity index (χ2v) is 10.2. The molecule has 0 heterocycles. The van der Waals surface area contributed by atoms with Crippen molar-refractivity contribution in [2.75, 3.05) is 6.61 Å². The Hall–Kier alpha value is -2.33. The summed E-state index contributed by atoms with van der Waals surface area (Å²) in [5.74, 6) is 0.121. The Morgan fingerprint density at radius 2 is 1.65 bits per heavy atom. The van der Waals surface area contributed by atoms with Crippen molar-refractivity contribution in [3.05, 3.63) is 64.2 Å². The Morgan fingerprint density at radius 1 is 1.00 bits per heavy atom. The zero-order valence-electron chi connectivity index (χ0n) is 21.5. The molecule has 0 unspecified atom stereocenters. The zero-order valence-corrected chi connectivity index (χ0v) is 21.5. The van der Waals surface area contributed by atoms with Crippen LogP contribution in [0, 0.1) is 13.8 Å². The standard InChI is InChI=1S/C30H42O4/c1-5-30(6-2,25-12-11-24(22(3)20-25)15-18-29(33)16-9-17-29)26-13-14-27(23(4)21-26)34-19-8-7-10-28(31)32/h11-14,20-21,33H,5-10,15-19H2,1-4H3,(H,31,32). The number of rotatable bonds is 13. The fourth-order valence-corrected chi connectivity index (χ4v) is 5.38. The van der Waals surface area contributed by atoms with E-state index < -0.39 is 11.6 Å². The van der Waals surface area contributed by atoms with E-state index in [0.717, 1.165) is 62.7 Å². The molecule has 0 atom stereocenters. The summed E-state index contributed by atoms with van der Waals surface area (Å²) in [7, 11) is 0. The molecule has 0 radical (unpaired) electrons. The first-order valence-corrected chi connectivity index (χ1v) is 13.0. The maximum Gasteiger partial charge on any atom is 0.303 e. The second-order valence-electron chi connectivity index (χ2n) is 10.2. The topological polar surface area (TPSA) is 66.8 Å². The molecule has 2 aromatic rings. The van der Waals surface area contributed by atoms with Crippen molar-refractivity contribution < 1.29 is 19.7 Å². The van der Waals surface area contributed by atoms with Gasteiger partial charge in [0.15, 0.2) is 0 Å². The molecule has 0 aromatic heterocycles. The van der Waals surface area contributed by atoms with Gasteiger partial charge in [0.2, 0.25) is 0 Å². The molecule has 4 nitrogen and oxygen atoms in total. The average molecular weight is 467 g/mol. The van der Waals surface area contributed by atoms with Gasteiger partial charge in [-0.25, -0.2) is 0 Å². The van der Waals surface area contributed by atoms with Crippen molar-refractivity contribution in [2.45, 2.75) is 103 Å². The van der Waals surface area contributed by atoms with Gasteiger partial charge >= 0.3 is 5.97 Å². The number of aliphatic hydroxyl groups is 1. The predicted octanol–water partition coefficient (Wildman–Crippen LogP) is 6.89. The first-order chi connectivity index (χ1) is 16.2. The smallest absolute Gasteiger partial charge is 0.303 e. The highest BCUT2D eigenvalue weighted by Crippen LogP contribution is 2.41. The van der Waals surface area contributed by atoms with E-state index in [0.29, 0.717) is 13.0 Å². The average Bonchev–Trinajstić information content (AvgIpc) is 2.79. The lowest BCUT2D eigenvalue weighted by atomic mass is 9.69. The Labute approximate surface area is 205 Å². The first-order valence-electron chi connectivity index (χ1n) is 13.0. The molecule has 1 saturated carbocycles. The van der Waals surface area contributed by atoms with Gasteiger partial charge in [-0.05, 0) is 106 Å². The molecule has 3 rings (SSSR count). The van der Waals surface area contributed by atoms with E-state index in [9.17, 15) is 9.90 Å². The van der Waals surface area contributed by atoms with E-state index in [1.54, 1.807) is 0 Å². The zero-order chi connectivity index (χ0) is 24.8. The predicted molar refractivity (Wildman–Crippen MR) is 138 cm³/mol. The number of aliphatic carboxylic acids is 1. The summed E-state index contributed by atoms with van der Waals surface area (Å²) in [5, 5.41) is 19.3. The van der Waals surface area contributed by atoms with Gasteiger partial charge in [0.25, 0.3) is 0 Å². The molecule has 2 aromatic carbocycles. The number of carboxylic acid groups (broad SMARTS) is 1. The van der Waals surface area contributed by atoms with Gasteiger partial charge in [0.05, 0.1) is 12.2 Å². The van der Waals surface area contributed by atoms with Gasteiger partial charge < -0.3 is 14.9 Å². The van der Waals surface area contributed by atoms with Crippen molar-refractivity contribution in [3.63, 3.8) is 0 Å². The van der Waals surface area contributed by atoms with Crippen LogP contribution < -0.4 is 4.74 Å². The summed E-state index contributed by atoms with van der Waals surface area (Å²) >= 11 is 0. The van der Waals surface area contributed by atoms with Gasteiger partial charge in [-0.3, -0.25) is 4.79 Å². The molecule has 186 valence electrons. The Kier molecular flexibility index (Phi) is 8.81. The minimum Gasteiger partial charge on any atom is -0.493 e. The summed E-state index contributed by atoms with van der Waals surface area (Å²) < 4.78 is 5.95. The normalized spacial score (nSPS) is 15.1. The summed E-state index contributed by atoms with van der Waals surface area (Å²) in [6.07, 6.45) is 8.42.